The first-order valence-corrected chi connectivity index (χ1v) is 10.3. The molecule has 1 heterocycles. The van der Waals surface area contributed by atoms with E-state index in [9.17, 15) is 9.59 Å². The summed E-state index contributed by atoms with van der Waals surface area (Å²) in [6.45, 7) is 5.10. The fourth-order valence-electron chi connectivity index (χ4n) is 3.41. The van der Waals surface area contributed by atoms with Crippen LogP contribution in [0.3, 0.4) is 0 Å². The topological polar surface area (TPSA) is 58.4 Å². The maximum absolute atomic E-state index is 13.4. The van der Waals surface area contributed by atoms with Crippen molar-refractivity contribution in [2.75, 3.05) is 27.2 Å². The number of carbonyl (C=O) groups is 1. The minimum absolute atomic E-state index is 0.0881. The molecule has 1 aromatic heterocycles. The molecule has 0 aliphatic carbocycles. The fraction of sp³-hybridized carbons (Fsp3) is 0.348. The van der Waals surface area contributed by atoms with Gasteiger partial charge in [0, 0.05) is 30.7 Å². The second-order valence-electron chi connectivity index (χ2n) is 7.84. The van der Waals surface area contributed by atoms with Crippen molar-refractivity contribution < 1.29 is 4.79 Å². The zero-order valence-electron chi connectivity index (χ0n) is 18.0. The molecule has 0 fully saturated rings. The number of hydrogen-bond donors (Lipinski definition) is 0. The molecule has 0 aliphatic heterocycles. The molecule has 0 saturated carbocycles. The summed E-state index contributed by atoms with van der Waals surface area (Å²) in [5.41, 5.74) is 2.10. The van der Waals surface area contributed by atoms with E-state index in [1.807, 2.05) is 57.1 Å². The quantitative estimate of drug-likeness (QED) is 0.603. The Morgan fingerprint density at radius 1 is 1.13 bits per heavy atom. The molecule has 30 heavy (non-hydrogen) atoms. The normalized spacial score (nSPS) is 12.4. The van der Waals surface area contributed by atoms with Gasteiger partial charge in [-0.2, -0.15) is 0 Å². The summed E-state index contributed by atoms with van der Waals surface area (Å²) in [4.78, 5) is 34.8. The van der Waals surface area contributed by atoms with Gasteiger partial charge in [0.25, 0.3) is 11.5 Å². The summed E-state index contributed by atoms with van der Waals surface area (Å²) >= 11 is 6.05. The van der Waals surface area contributed by atoms with Gasteiger partial charge in [-0.25, -0.2) is 4.98 Å². The predicted octanol–water partition coefficient (Wildman–Crippen LogP) is 3.66. The van der Waals surface area contributed by atoms with Crippen molar-refractivity contribution >= 4 is 28.4 Å². The van der Waals surface area contributed by atoms with E-state index < -0.39 is 6.04 Å². The van der Waals surface area contributed by atoms with E-state index in [2.05, 4.69) is 0 Å². The third-order valence-electron chi connectivity index (χ3n) is 5.26. The number of aryl methyl sites for hydroxylation is 1. The predicted molar refractivity (Wildman–Crippen MR) is 121 cm³/mol. The molecule has 7 heteroatoms. The van der Waals surface area contributed by atoms with Crippen LogP contribution in [-0.4, -0.2) is 52.4 Å². The molecule has 0 saturated heterocycles. The van der Waals surface area contributed by atoms with Gasteiger partial charge in [0.2, 0.25) is 0 Å². The van der Waals surface area contributed by atoms with Gasteiger partial charge in [-0.05, 0) is 58.3 Å². The molecule has 0 radical (unpaired) electrons. The summed E-state index contributed by atoms with van der Waals surface area (Å²) < 4.78 is 1.51. The molecule has 0 N–H and O–H groups in total. The Morgan fingerprint density at radius 3 is 2.43 bits per heavy atom. The van der Waals surface area contributed by atoms with Crippen molar-refractivity contribution in [3.8, 4) is 0 Å². The SMILES string of the molecule is Cc1ccc(C(=O)N(CCN(C)C)C(C)c2nc3ccc(Cl)cc3c(=O)n2C)cc1. The number of benzene rings is 2. The van der Waals surface area contributed by atoms with E-state index in [1.54, 1.807) is 30.1 Å². The van der Waals surface area contributed by atoms with Crippen LogP contribution in [0.5, 0.6) is 0 Å². The average Bonchev–Trinajstić information content (AvgIpc) is 2.71. The highest BCUT2D eigenvalue weighted by Gasteiger charge is 2.26. The van der Waals surface area contributed by atoms with E-state index in [4.69, 9.17) is 16.6 Å². The summed E-state index contributed by atoms with van der Waals surface area (Å²) in [5, 5.41) is 0.954. The van der Waals surface area contributed by atoms with Crippen molar-refractivity contribution in [1.82, 2.24) is 19.4 Å². The van der Waals surface area contributed by atoms with E-state index in [1.165, 1.54) is 4.57 Å². The Balaban J connectivity index is 2.06. The van der Waals surface area contributed by atoms with Crippen LogP contribution in [0.2, 0.25) is 5.02 Å². The molecule has 0 aliphatic rings. The van der Waals surface area contributed by atoms with Crippen LogP contribution in [0, 0.1) is 6.92 Å². The number of halogens is 1. The molecule has 158 valence electrons. The van der Waals surface area contributed by atoms with Crippen LogP contribution in [-0.2, 0) is 7.05 Å². The van der Waals surface area contributed by atoms with E-state index in [0.29, 0.717) is 40.4 Å². The highest BCUT2D eigenvalue weighted by molar-refractivity contribution is 6.31. The number of hydrogen-bond acceptors (Lipinski definition) is 4. The van der Waals surface area contributed by atoms with Crippen LogP contribution in [0.15, 0.2) is 47.3 Å². The van der Waals surface area contributed by atoms with E-state index in [0.717, 1.165) is 5.56 Å². The molecule has 0 spiro atoms. The first-order valence-electron chi connectivity index (χ1n) is 9.87. The zero-order valence-corrected chi connectivity index (χ0v) is 18.8. The van der Waals surface area contributed by atoms with Gasteiger partial charge in [-0.3, -0.25) is 14.2 Å². The third-order valence-corrected chi connectivity index (χ3v) is 5.50. The maximum atomic E-state index is 13.4. The van der Waals surface area contributed by atoms with Gasteiger partial charge in [0.1, 0.15) is 5.82 Å². The monoisotopic (exact) mass is 426 g/mol. The lowest BCUT2D eigenvalue weighted by molar-refractivity contribution is 0.0666. The Labute approximate surface area is 181 Å². The lowest BCUT2D eigenvalue weighted by Crippen LogP contribution is -2.40. The Kier molecular flexibility index (Phi) is 6.58. The molecule has 3 rings (SSSR count). The first kappa shape index (κ1) is 22.0. The van der Waals surface area contributed by atoms with Gasteiger partial charge in [0.15, 0.2) is 0 Å². The van der Waals surface area contributed by atoms with Crippen LogP contribution >= 0.6 is 11.6 Å². The highest BCUT2D eigenvalue weighted by atomic mass is 35.5. The van der Waals surface area contributed by atoms with Crippen LogP contribution in [0.1, 0.15) is 34.7 Å². The standard InChI is InChI=1S/C23H27ClN4O2/c1-15-6-8-17(9-7-15)22(29)28(13-12-26(3)4)16(2)21-25-20-11-10-18(24)14-19(20)23(30)27(21)5/h6-11,14,16H,12-13H2,1-5H3. The fourth-order valence-corrected chi connectivity index (χ4v) is 3.59. The number of likely N-dealkylation sites (N-methyl/N-ethyl adjacent to an activating group) is 1. The number of amides is 1. The van der Waals surface area contributed by atoms with Crippen LogP contribution in [0.4, 0.5) is 0 Å². The smallest absolute Gasteiger partial charge is 0.261 e. The number of carbonyl (C=O) groups excluding carboxylic acids is 1. The van der Waals surface area contributed by atoms with E-state index in [-0.39, 0.29) is 11.5 Å². The molecular weight excluding hydrogens is 400 g/mol. The van der Waals surface area contributed by atoms with Crippen molar-refractivity contribution in [2.24, 2.45) is 7.05 Å². The Morgan fingerprint density at radius 2 is 1.80 bits per heavy atom. The van der Waals surface area contributed by atoms with Gasteiger partial charge >= 0.3 is 0 Å². The molecule has 1 unspecified atom stereocenters. The van der Waals surface area contributed by atoms with Crippen LogP contribution in [0.25, 0.3) is 10.9 Å². The molecule has 1 atom stereocenters. The number of aromatic nitrogens is 2. The highest BCUT2D eigenvalue weighted by Crippen LogP contribution is 2.23. The van der Waals surface area contributed by atoms with Gasteiger partial charge < -0.3 is 9.80 Å². The number of rotatable bonds is 6. The molecule has 6 nitrogen and oxygen atoms in total. The molecule has 3 aromatic rings. The minimum Gasteiger partial charge on any atom is -0.327 e. The Bertz CT molecular complexity index is 1120. The summed E-state index contributed by atoms with van der Waals surface area (Å²) in [5.74, 6) is 0.448. The minimum atomic E-state index is -0.392. The summed E-state index contributed by atoms with van der Waals surface area (Å²) in [7, 11) is 5.61. The average molecular weight is 427 g/mol. The second kappa shape index (κ2) is 8.98. The van der Waals surface area contributed by atoms with Crippen LogP contribution < -0.4 is 5.56 Å². The zero-order chi connectivity index (χ0) is 22.0. The molecular formula is C23H27ClN4O2. The van der Waals surface area contributed by atoms with Crippen molar-refractivity contribution in [2.45, 2.75) is 19.9 Å². The Hall–Kier alpha value is -2.70. The lowest BCUT2D eigenvalue weighted by Gasteiger charge is -2.31. The summed E-state index contributed by atoms with van der Waals surface area (Å²) in [6, 6.07) is 12.2. The molecule has 1 amide bonds. The molecule has 0 bridgehead atoms. The van der Waals surface area contributed by atoms with Gasteiger partial charge in [-0.15, -0.1) is 0 Å². The van der Waals surface area contributed by atoms with Gasteiger partial charge in [-0.1, -0.05) is 29.3 Å². The largest absolute Gasteiger partial charge is 0.327 e. The van der Waals surface area contributed by atoms with Crippen molar-refractivity contribution in [3.63, 3.8) is 0 Å². The number of nitrogens with zero attached hydrogens (tertiary/aromatic N) is 4. The summed E-state index contributed by atoms with van der Waals surface area (Å²) in [6.07, 6.45) is 0. The van der Waals surface area contributed by atoms with Gasteiger partial charge in [0.05, 0.1) is 16.9 Å². The van der Waals surface area contributed by atoms with E-state index >= 15 is 0 Å². The number of fused-ring (bicyclic) bond motifs is 1. The second-order valence-corrected chi connectivity index (χ2v) is 8.28. The van der Waals surface area contributed by atoms with Crippen molar-refractivity contribution in [3.05, 3.63) is 74.8 Å². The molecule has 2 aromatic carbocycles. The van der Waals surface area contributed by atoms with Crippen molar-refractivity contribution in [1.29, 1.82) is 0 Å². The third kappa shape index (κ3) is 4.55. The lowest BCUT2D eigenvalue weighted by atomic mass is 10.1. The maximum Gasteiger partial charge on any atom is 0.261 e. The first-order chi connectivity index (χ1) is 14.2.